The monoisotopic (exact) mass is 300 g/mol. The second-order valence-corrected chi connectivity index (χ2v) is 5.92. The molecule has 116 valence electrons. The van der Waals surface area contributed by atoms with Crippen LogP contribution in [0.25, 0.3) is 0 Å². The topological polar surface area (TPSA) is 49.9 Å². The Morgan fingerprint density at radius 3 is 2.82 bits per heavy atom. The molecule has 2 saturated heterocycles. The van der Waals surface area contributed by atoms with E-state index in [1.165, 1.54) is 6.08 Å². The predicted octanol–water partition coefficient (Wildman–Crippen LogP) is 1.20. The number of hydrogen-bond donors (Lipinski definition) is 0. The number of rotatable bonds is 3. The Hall–Kier alpha value is -2.14. The third-order valence-electron chi connectivity index (χ3n) is 4.35. The molecule has 1 aromatic rings. The average molecular weight is 300 g/mol. The second-order valence-electron chi connectivity index (χ2n) is 5.92. The molecule has 0 saturated carbocycles. The molecule has 0 radical (unpaired) electrons. The van der Waals surface area contributed by atoms with Gasteiger partial charge in [-0.1, -0.05) is 36.9 Å². The van der Waals surface area contributed by atoms with Crippen molar-refractivity contribution < 1.29 is 14.3 Å². The summed E-state index contributed by atoms with van der Waals surface area (Å²) in [6, 6.07) is 9.92. The summed E-state index contributed by atoms with van der Waals surface area (Å²) in [4.78, 5) is 27.4. The van der Waals surface area contributed by atoms with E-state index < -0.39 is 5.60 Å². The van der Waals surface area contributed by atoms with Crippen LogP contribution < -0.4 is 0 Å². The Morgan fingerprint density at radius 1 is 1.32 bits per heavy atom. The van der Waals surface area contributed by atoms with E-state index in [4.69, 9.17) is 4.74 Å². The van der Waals surface area contributed by atoms with Crippen LogP contribution >= 0.6 is 0 Å². The van der Waals surface area contributed by atoms with Crippen molar-refractivity contribution >= 4 is 11.8 Å². The van der Waals surface area contributed by atoms with E-state index in [1.54, 1.807) is 4.90 Å². The smallest absolute Gasteiger partial charge is 0.249 e. The van der Waals surface area contributed by atoms with Crippen molar-refractivity contribution in [3.8, 4) is 0 Å². The van der Waals surface area contributed by atoms with Crippen molar-refractivity contribution in [3.63, 3.8) is 0 Å². The van der Waals surface area contributed by atoms with Crippen LogP contribution in [0.3, 0.4) is 0 Å². The molecule has 2 heterocycles. The Balaban J connectivity index is 1.70. The molecule has 1 aromatic carbocycles. The zero-order valence-electron chi connectivity index (χ0n) is 12.5. The molecule has 3 rings (SSSR count). The maximum Gasteiger partial charge on any atom is 0.249 e. The maximum atomic E-state index is 12.1. The summed E-state index contributed by atoms with van der Waals surface area (Å²) >= 11 is 0. The Morgan fingerprint density at radius 2 is 2.09 bits per heavy atom. The minimum absolute atomic E-state index is 0.00275. The van der Waals surface area contributed by atoms with Crippen molar-refractivity contribution in [2.75, 3.05) is 26.2 Å². The highest BCUT2D eigenvalue weighted by Gasteiger charge is 2.45. The maximum absolute atomic E-state index is 12.1. The average Bonchev–Trinajstić information content (AvgIpc) is 2.95. The number of amides is 2. The lowest BCUT2D eigenvalue weighted by molar-refractivity contribution is -0.163. The lowest BCUT2D eigenvalue weighted by Crippen LogP contribution is -2.55. The summed E-state index contributed by atoms with van der Waals surface area (Å²) in [5.41, 5.74) is 0.673. The lowest BCUT2D eigenvalue weighted by Gasteiger charge is -2.40. The standard InChI is InChI=1S/C17H20N2O3/c1-2-15(20)18-9-8-17(12-18)13-19(16(21)11-22-17)10-14-6-4-3-5-7-14/h2-7H,1,8-13H2. The molecule has 2 amide bonds. The number of carbonyl (C=O) groups excluding carboxylic acids is 2. The molecule has 0 bridgehead atoms. The van der Waals surface area contributed by atoms with Crippen LogP contribution in [0.5, 0.6) is 0 Å². The van der Waals surface area contributed by atoms with E-state index in [-0.39, 0.29) is 18.4 Å². The fraction of sp³-hybridized carbons (Fsp3) is 0.412. The van der Waals surface area contributed by atoms with Crippen molar-refractivity contribution in [1.29, 1.82) is 0 Å². The number of benzene rings is 1. The van der Waals surface area contributed by atoms with Gasteiger partial charge in [0.1, 0.15) is 12.2 Å². The molecule has 5 nitrogen and oxygen atoms in total. The van der Waals surface area contributed by atoms with Gasteiger partial charge in [-0.05, 0) is 18.1 Å². The van der Waals surface area contributed by atoms with Gasteiger partial charge in [-0.25, -0.2) is 0 Å². The zero-order valence-corrected chi connectivity index (χ0v) is 12.5. The van der Waals surface area contributed by atoms with Gasteiger partial charge >= 0.3 is 0 Å². The predicted molar refractivity (Wildman–Crippen MR) is 81.9 cm³/mol. The van der Waals surface area contributed by atoms with Crippen molar-refractivity contribution in [3.05, 3.63) is 48.6 Å². The van der Waals surface area contributed by atoms with Crippen molar-refractivity contribution in [2.45, 2.75) is 18.6 Å². The first kappa shape index (κ1) is 14.8. The lowest BCUT2D eigenvalue weighted by atomic mass is 10.00. The number of hydrogen-bond acceptors (Lipinski definition) is 3. The Bertz CT molecular complexity index is 587. The molecule has 22 heavy (non-hydrogen) atoms. The van der Waals surface area contributed by atoms with Gasteiger partial charge < -0.3 is 14.5 Å². The molecular formula is C17H20N2O3. The molecule has 1 unspecified atom stereocenters. The summed E-state index contributed by atoms with van der Waals surface area (Å²) in [6.07, 6.45) is 2.08. The molecule has 2 aliphatic heterocycles. The van der Waals surface area contributed by atoms with Gasteiger partial charge in [0, 0.05) is 13.1 Å². The summed E-state index contributed by atoms with van der Waals surface area (Å²) < 4.78 is 5.81. The Kier molecular flexibility index (Phi) is 3.98. The van der Waals surface area contributed by atoms with Gasteiger partial charge in [0.05, 0.1) is 13.1 Å². The quantitative estimate of drug-likeness (QED) is 0.788. The molecular weight excluding hydrogens is 280 g/mol. The van der Waals surface area contributed by atoms with Gasteiger partial charge in [0.25, 0.3) is 0 Å². The number of morpholine rings is 1. The summed E-state index contributed by atoms with van der Waals surface area (Å²) in [7, 11) is 0. The summed E-state index contributed by atoms with van der Waals surface area (Å²) in [6.45, 7) is 5.90. The van der Waals surface area contributed by atoms with Gasteiger partial charge in [0.2, 0.25) is 11.8 Å². The normalized spacial score (nSPS) is 24.8. The van der Waals surface area contributed by atoms with Gasteiger partial charge in [0.15, 0.2) is 0 Å². The molecule has 5 heteroatoms. The van der Waals surface area contributed by atoms with E-state index in [2.05, 4.69) is 6.58 Å². The molecule has 2 fully saturated rings. The van der Waals surface area contributed by atoms with E-state index >= 15 is 0 Å². The zero-order chi connectivity index (χ0) is 15.6. The number of carbonyl (C=O) groups is 2. The van der Waals surface area contributed by atoms with Gasteiger partial charge in [-0.2, -0.15) is 0 Å². The summed E-state index contributed by atoms with van der Waals surface area (Å²) in [5, 5.41) is 0. The van der Waals surface area contributed by atoms with E-state index in [9.17, 15) is 9.59 Å². The fourth-order valence-corrected chi connectivity index (χ4v) is 3.14. The first-order valence-electron chi connectivity index (χ1n) is 7.49. The van der Waals surface area contributed by atoms with Crippen molar-refractivity contribution in [2.24, 2.45) is 0 Å². The molecule has 2 aliphatic rings. The van der Waals surface area contributed by atoms with Crippen LogP contribution in [0, 0.1) is 0 Å². The largest absolute Gasteiger partial charge is 0.361 e. The van der Waals surface area contributed by atoms with E-state index in [1.807, 2.05) is 35.2 Å². The molecule has 0 aliphatic carbocycles. The minimum atomic E-state index is -0.429. The van der Waals surface area contributed by atoms with Crippen molar-refractivity contribution in [1.82, 2.24) is 9.80 Å². The number of nitrogens with zero attached hydrogens (tertiary/aromatic N) is 2. The first-order chi connectivity index (χ1) is 10.6. The summed E-state index contributed by atoms with van der Waals surface area (Å²) in [5.74, 6) is -0.0741. The molecule has 0 aromatic heterocycles. The second kappa shape index (κ2) is 5.93. The van der Waals surface area contributed by atoms with E-state index in [0.29, 0.717) is 26.2 Å². The highest BCUT2D eigenvalue weighted by molar-refractivity contribution is 5.87. The van der Waals surface area contributed by atoms with Crippen LogP contribution in [0.15, 0.2) is 43.0 Å². The number of likely N-dealkylation sites (tertiary alicyclic amines) is 1. The molecule has 1 spiro atoms. The highest BCUT2D eigenvalue weighted by atomic mass is 16.5. The Labute approximate surface area is 130 Å². The molecule has 1 atom stereocenters. The minimum Gasteiger partial charge on any atom is -0.361 e. The van der Waals surface area contributed by atoms with Crippen LogP contribution in [-0.2, 0) is 20.9 Å². The first-order valence-corrected chi connectivity index (χ1v) is 7.49. The molecule has 0 N–H and O–H groups in total. The van der Waals surface area contributed by atoms with Crippen LogP contribution in [0.4, 0.5) is 0 Å². The van der Waals surface area contributed by atoms with Crippen LogP contribution in [-0.4, -0.2) is 53.5 Å². The fourth-order valence-electron chi connectivity index (χ4n) is 3.14. The number of ether oxygens (including phenoxy) is 1. The highest BCUT2D eigenvalue weighted by Crippen LogP contribution is 2.30. The van der Waals surface area contributed by atoms with Gasteiger partial charge in [-0.3, -0.25) is 9.59 Å². The van der Waals surface area contributed by atoms with E-state index in [0.717, 1.165) is 12.0 Å². The van der Waals surface area contributed by atoms with Crippen LogP contribution in [0.2, 0.25) is 0 Å². The van der Waals surface area contributed by atoms with Crippen LogP contribution in [0.1, 0.15) is 12.0 Å². The van der Waals surface area contributed by atoms with Gasteiger partial charge in [-0.15, -0.1) is 0 Å². The SMILES string of the molecule is C=CC(=O)N1CCC2(C1)CN(Cc1ccccc1)C(=O)CO2. The third-order valence-corrected chi connectivity index (χ3v) is 4.35. The third kappa shape index (κ3) is 2.90.